The minimum Gasteiger partial charge on any atom is -0.490 e. The second-order valence-electron chi connectivity index (χ2n) is 5.13. The van der Waals surface area contributed by atoms with E-state index in [1.54, 1.807) is 37.3 Å². The molecule has 0 aromatic rings. The van der Waals surface area contributed by atoms with Crippen LogP contribution >= 0.6 is 0 Å². The van der Waals surface area contributed by atoms with Gasteiger partial charge in [-0.3, -0.25) is 0 Å². The van der Waals surface area contributed by atoms with Crippen LogP contribution < -0.4 is 4.72 Å². The Hall–Kier alpha value is -1.90. The van der Waals surface area contributed by atoms with Crippen LogP contribution in [0.5, 0.6) is 0 Å². The third-order valence-electron chi connectivity index (χ3n) is 3.06. The van der Waals surface area contributed by atoms with E-state index in [2.05, 4.69) is 11.3 Å². The normalized spacial score (nSPS) is 18.9. The van der Waals surface area contributed by atoms with Gasteiger partial charge in [0.1, 0.15) is 12.4 Å². The average Bonchev–Trinajstić information content (AvgIpc) is 2.75. The van der Waals surface area contributed by atoms with Crippen molar-refractivity contribution in [3.8, 4) is 0 Å². The smallest absolute Gasteiger partial charge is 0.240 e. The molecule has 1 aliphatic carbocycles. The van der Waals surface area contributed by atoms with E-state index in [-0.39, 0.29) is 18.1 Å². The van der Waals surface area contributed by atoms with E-state index in [4.69, 9.17) is 4.74 Å². The average molecular weight is 386 g/mol. The lowest BCUT2D eigenvalue weighted by Gasteiger charge is -2.06. The minimum atomic E-state index is -3.58. The van der Waals surface area contributed by atoms with Crippen LogP contribution in [0.2, 0.25) is 0 Å². The molecule has 0 radical (unpaired) electrons. The lowest BCUT2D eigenvalue weighted by atomic mass is 10.4. The van der Waals surface area contributed by atoms with Crippen molar-refractivity contribution in [3.63, 3.8) is 0 Å². The second kappa shape index (κ2) is 9.55. The first kappa shape index (κ1) is 21.1. The Kier molecular flexibility index (Phi) is 8.08. The molecule has 0 saturated heterocycles. The molecule has 1 N–H and O–H groups in total. The van der Waals surface area contributed by atoms with Gasteiger partial charge >= 0.3 is 0 Å². The highest BCUT2D eigenvalue weighted by Gasteiger charge is 2.15. The first-order valence-corrected chi connectivity index (χ1v) is 11.0. The maximum Gasteiger partial charge on any atom is 0.240 e. The van der Waals surface area contributed by atoms with Crippen LogP contribution in [0.4, 0.5) is 0 Å². The Morgan fingerprint density at radius 2 is 2.04 bits per heavy atom. The lowest BCUT2D eigenvalue weighted by molar-refractivity contribution is 0.261. The van der Waals surface area contributed by atoms with Crippen molar-refractivity contribution >= 4 is 19.9 Å². The van der Waals surface area contributed by atoms with Crippen LogP contribution in [0, 0.1) is 0 Å². The molecule has 8 heteroatoms. The highest BCUT2D eigenvalue weighted by atomic mass is 32.2. The molecule has 0 bridgehead atoms. The van der Waals surface area contributed by atoms with Crippen molar-refractivity contribution in [1.82, 2.24) is 4.72 Å². The summed E-state index contributed by atoms with van der Waals surface area (Å²) >= 11 is 0. The zero-order valence-electron chi connectivity index (χ0n) is 14.3. The predicted octanol–water partition coefficient (Wildman–Crippen LogP) is 1.99. The van der Waals surface area contributed by atoms with E-state index in [1.165, 1.54) is 30.6 Å². The SMILES string of the molecule is C=C/C=C(\C=C/COC1=CC=CC(S(C)(=O)=O)C=C1)S(=O)(=O)NCC. The fourth-order valence-corrected chi connectivity index (χ4v) is 3.72. The van der Waals surface area contributed by atoms with Crippen molar-refractivity contribution in [2.45, 2.75) is 12.2 Å². The number of ether oxygens (including phenoxy) is 1. The number of allylic oxidation sites excluding steroid dienone is 6. The molecule has 0 aliphatic heterocycles. The third kappa shape index (κ3) is 7.25. The van der Waals surface area contributed by atoms with E-state index in [0.717, 1.165) is 0 Å². The van der Waals surface area contributed by atoms with Gasteiger partial charge in [-0.2, -0.15) is 0 Å². The molecule has 138 valence electrons. The van der Waals surface area contributed by atoms with Crippen molar-refractivity contribution in [2.75, 3.05) is 19.4 Å². The van der Waals surface area contributed by atoms with Crippen molar-refractivity contribution in [2.24, 2.45) is 0 Å². The van der Waals surface area contributed by atoms with Crippen molar-refractivity contribution in [1.29, 1.82) is 0 Å². The standard InChI is InChI=1S/C17H23NO5S2/c1-4-8-17(25(21,22)18-5-2)11-7-14-23-15-9-6-10-16(13-12-15)24(3,19)20/h4,6-13,16,18H,1,5,14H2,2-3H3/b11-7-,17-8+. The van der Waals surface area contributed by atoms with E-state index >= 15 is 0 Å². The zero-order chi connectivity index (χ0) is 18.9. The van der Waals surface area contributed by atoms with Gasteiger partial charge in [-0.25, -0.2) is 21.6 Å². The fraction of sp³-hybridized carbons (Fsp3) is 0.294. The second-order valence-corrected chi connectivity index (χ2v) is 9.10. The predicted molar refractivity (Wildman–Crippen MR) is 101 cm³/mol. The summed E-state index contributed by atoms with van der Waals surface area (Å²) < 4.78 is 54.9. The van der Waals surface area contributed by atoms with E-state index < -0.39 is 25.1 Å². The number of hydrogen-bond acceptors (Lipinski definition) is 5. The Morgan fingerprint density at radius 1 is 1.32 bits per heavy atom. The summed E-state index contributed by atoms with van der Waals surface area (Å²) in [6.45, 7) is 5.61. The van der Waals surface area contributed by atoms with Crippen LogP contribution in [-0.2, 0) is 24.6 Å². The number of sulfone groups is 1. The maximum absolute atomic E-state index is 12.0. The number of rotatable bonds is 9. The fourth-order valence-electron chi connectivity index (χ4n) is 1.88. The topological polar surface area (TPSA) is 89.5 Å². The summed E-state index contributed by atoms with van der Waals surface area (Å²) in [5.74, 6) is 0.482. The summed E-state index contributed by atoms with van der Waals surface area (Å²) in [5.41, 5.74) is 0. The van der Waals surface area contributed by atoms with E-state index in [0.29, 0.717) is 5.76 Å². The highest BCUT2D eigenvalue weighted by Crippen LogP contribution is 2.12. The molecule has 1 rings (SSSR count). The zero-order valence-corrected chi connectivity index (χ0v) is 15.9. The van der Waals surface area contributed by atoms with Crippen LogP contribution in [0.25, 0.3) is 0 Å². The van der Waals surface area contributed by atoms with Gasteiger partial charge in [0.15, 0.2) is 9.84 Å². The Balaban J connectivity index is 2.72. The quantitative estimate of drug-likeness (QED) is 0.613. The first-order valence-electron chi connectivity index (χ1n) is 7.58. The van der Waals surface area contributed by atoms with Gasteiger partial charge in [-0.05, 0) is 30.4 Å². The van der Waals surface area contributed by atoms with Crippen molar-refractivity contribution < 1.29 is 21.6 Å². The Bertz CT molecular complexity index is 828. The summed E-state index contributed by atoms with van der Waals surface area (Å²) in [7, 11) is -6.78. The Labute approximate surface area is 149 Å². The molecule has 6 nitrogen and oxygen atoms in total. The van der Waals surface area contributed by atoms with Gasteiger partial charge in [0, 0.05) is 12.8 Å². The molecule has 0 aromatic heterocycles. The summed E-state index contributed by atoms with van der Waals surface area (Å²) in [5, 5.41) is -0.687. The summed E-state index contributed by atoms with van der Waals surface area (Å²) in [4.78, 5) is 0.0791. The van der Waals surface area contributed by atoms with Gasteiger partial charge in [0.05, 0.1) is 10.2 Å². The molecular formula is C17H23NO5S2. The largest absolute Gasteiger partial charge is 0.490 e. The molecular weight excluding hydrogens is 362 g/mol. The molecule has 1 unspecified atom stereocenters. The van der Waals surface area contributed by atoms with Gasteiger partial charge in [0.2, 0.25) is 10.0 Å². The van der Waals surface area contributed by atoms with E-state index in [9.17, 15) is 16.8 Å². The molecule has 0 spiro atoms. The molecule has 0 heterocycles. The third-order valence-corrected chi connectivity index (χ3v) is 5.93. The molecule has 0 saturated carbocycles. The number of nitrogens with one attached hydrogen (secondary N) is 1. The molecule has 0 fully saturated rings. The van der Waals surface area contributed by atoms with E-state index in [1.807, 2.05) is 0 Å². The number of sulfonamides is 1. The van der Waals surface area contributed by atoms with Crippen LogP contribution in [0.3, 0.4) is 0 Å². The van der Waals surface area contributed by atoms with Gasteiger partial charge < -0.3 is 4.74 Å². The lowest BCUT2D eigenvalue weighted by Crippen LogP contribution is -2.23. The van der Waals surface area contributed by atoms with Crippen LogP contribution in [0.15, 0.2) is 71.9 Å². The minimum absolute atomic E-state index is 0.0791. The molecule has 0 amide bonds. The first-order chi connectivity index (χ1) is 11.7. The van der Waals surface area contributed by atoms with Gasteiger partial charge in [0.25, 0.3) is 0 Å². The molecule has 1 aliphatic rings. The maximum atomic E-state index is 12.0. The highest BCUT2D eigenvalue weighted by molar-refractivity contribution is 7.93. The van der Waals surface area contributed by atoms with Gasteiger partial charge in [-0.15, -0.1) is 0 Å². The molecule has 25 heavy (non-hydrogen) atoms. The Morgan fingerprint density at radius 3 is 2.64 bits per heavy atom. The number of hydrogen-bond donors (Lipinski definition) is 1. The molecule has 1 atom stereocenters. The van der Waals surface area contributed by atoms with Gasteiger partial charge in [-0.1, -0.05) is 37.8 Å². The summed E-state index contributed by atoms with van der Waals surface area (Å²) in [6, 6.07) is 0. The van der Waals surface area contributed by atoms with Crippen molar-refractivity contribution in [3.05, 3.63) is 71.9 Å². The van der Waals surface area contributed by atoms with Crippen LogP contribution in [-0.4, -0.2) is 41.5 Å². The van der Waals surface area contributed by atoms with Crippen LogP contribution in [0.1, 0.15) is 6.92 Å². The monoisotopic (exact) mass is 385 g/mol. The molecule has 0 aromatic carbocycles. The summed E-state index contributed by atoms with van der Waals surface area (Å²) in [6.07, 6.45) is 14.9.